The maximum atomic E-state index is 12.7. The second-order valence-corrected chi connectivity index (χ2v) is 7.22. The van der Waals surface area contributed by atoms with Crippen molar-refractivity contribution in [2.75, 3.05) is 0 Å². The van der Waals surface area contributed by atoms with Crippen LogP contribution in [0.3, 0.4) is 0 Å². The molecule has 7 nitrogen and oxygen atoms in total. The van der Waals surface area contributed by atoms with E-state index >= 15 is 0 Å². The number of hydrazine groups is 1. The van der Waals surface area contributed by atoms with Gasteiger partial charge in [0, 0.05) is 12.4 Å². The topological polar surface area (TPSA) is 101 Å². The largest absolute Gasteiger partial charge is 0.286 e. The lowest BCUT2D eigenvalue weighted by Crippen LogP contribution is -2.42. The van der Waals surface area contributed by atoms with Gasteiger partial charge in [-0.2, -0.15) is 0 Å². The van der Waals surface area contributed by atoms with Crippen molar-refractivity contribution in [1.29, 1.82) is 0 Å². The van der Waals surface area contributed by atoms with Crippen LogP contribution in [0.15, 0.2) is 23.5 Å². The molecule has 2 N–H and O–H groups in total. The van der Waals surface area contributed by atoms with Crippen LogP contribution in [0.4, 0.5) is 0 Å². The predicted octanol–water partition coefficient (Wildman–Crippen LogP) is 1.64. The van der Waals surface area contributed by atoms with Gasteiger partial charge in [0.25, 0.3) is 15.9 Å². The molecule has 1 heterocycles. The number of benzene rings is 1. The molecule has 0 saturated heterocycles. The zero-order valence-corrected chi connectivity index (χ0v) is 15.1. The Balaban J connectivity index is 2.34. The molecule has 8 heteroatoms. The molecule has 0 atom stereocenters. The Kier molecular flexibility index (Phi) is 5.00. The Bertz CT molecular complexity index is 864. The number of hydrogen-bond acceptors (Lipinski definition) is 5. The van der Waals surface area contributed by atoms with Gasteiger partial charge in [-0.05, 0) is 62.4 Å². The highest BCUT2D eigenvalue weighted by Crippen LogP contribution is 2.29. The van der Waals surface area contributed by atoms with Crippen LogP contribution in [0.1, 0.15) is 38.3 Å². The van der Waals surface area contributed by atoms with Crippen LogP contribution in [0.2, 0.25) is 0 Å². The van der Waals surface area contributed by atoms with Gasteiger partial charge in [-0.3, -0.25) is 15.2 Å². The first-order valence-corrected chi connectivity index (χ1v) is 8.80. The van der Waals surface area contributed by atoms with Crippen molar-refractivity contribution >= 4 is 15.9 Å². The minimum atomic E-state index is -3.92. The summed E-state index contributed by atoms with van der Waals surface area (Å²) >= 11 is 0. The molecule has 1 amide bonds. The van der Waals surface area contributed by atoms with Gasteiger partial charge in [-0.1, -0.05) is 0 Å². The maximum Gasteiger partial charge on any atom is 0.286 e. The van der Waals surface area contributed by atoms with Crippen molar-refractivity contribution in [3.63, 3.8) is 0 Å². The first-order chi connectivity index (χ1) is 11.2. The highest BCUT2D eigenvalue weighted by Gasteiger charge is 2.24. The summed E-state index contributed by atoms with van der Waals surface area (Å²) in [5, 5.41) is 0. The van der Waals surface area contributed by atoms with Crippen LogP contribution in [0, 0.1) is 34.6 Å². The summed E-state index contributed by atoms with van der Waals surface area (Å²) in [5.41, 5.74) is 6.41. The average molecular weight is 348 g/mol. The molecule has 0 bridgehead atoms. The molecule has 0 saturated carbocycles. The van der Waals surface area contributed by atoms with Crippen LogP contribution in [-0.4, -0.2) is 24.3 Å². The third kappa shape index (κ3) is 3.29. The molecule has 128 valence electrons. The van der Waals surface area contributed by atoms with Gasteiger partial charge in [-0.15, -0.1) is 4.83 Å². The number of nitrogens with one attached hydrogen (secondary N) is 2. The fourth-order valence-electron chi connectivity index (χ4n) is 2.51. The van der Waals surface area contributed by atoms with E-state index < -0.39 is 15.9 Å². The second kappa shape index (κ2) is 6.66. The van der Waals surface area contributed by atoms with Crippen LogP contribution >= 0.6 is 0 Å². The van der Waals surface area contributed by atoms with Crippen molar-refractivity contribution < 1.29 is 13.2 Å². The van der Waals surface area contributed by atoms with Gasteiger partial charge in [0.2, 0.25) is 0 Å². The van der Waals surface area contributed by atoms with Gasteiger partial charge < -0.3 is 0 Å². The van der Waals surface area contributed by atoms with Gasteiger partial charge in [0.1, 0.15) is 5.69 Å². The Morgan fingerprint density at radius 1 is 0.917 bits per heavy atom. The van der Waals surface area contributed by atoms with E-state index in [0.717, 1.165) is 16.7 Å². The molecular weight excluding hydrogens is 328 g/mol. The van der Waals surface area contributed by atoms with E-state index in [-0.39, 0.29) is 10.6 Å². The molecule has 2 aromatic rings. The van der Waals surface area contributed by atoms with Crippen molar-refractivity contribution in [3.05, 3.63) is 52.1 Å². The van der Waals surface area contributed by atoms with Crippen molar-refractivity contribution in [2.45, 2.75) is 39.5 Å². The van der Waals surface area contributed by atoms with Crippen LogP contribution in [0.25, 0.3) is 0 Å². The number of carbonyl (C=O) groups excluding carboxylic acids is 1. The smallest absolute Gasteiger partial charge is 0.272 e. The fraction of sp³-hybridized carbons (Fsp3) is 0.312. The molecule has 0 spiro atoms. The molecule has 0 aliphatic rings. The van der Waals surface area contributed by atoms with Gasteiger partial charge in [0.15, 0.2) is 0 Å². The molecular formula is C16H20N4O3S. The molecule has 0 unspecified atom stereocenters. The molecule has 24 heavy (non-hydrogen) atoms. The molecule has 1 aromatic heterocycles. The van der Waals surface area contributed by atoms with E-state index in [0.29, 0.717) is 11.1 Å². The van der Waals surface area contributed by atoms with Crippen molar-refractivity contribution in [2.24, 2.45) is 0 Å². The molecule has 0 aliphatic carbocycles. The Morgan fingerprint density at radius 2 is 1.46 bits per heavy atom. The number of carbonyl (C=O) groups is 1. The second-order valence-electron chi connectivity index (χ2n) is 5.60. The maximum absolute atomic E-state index is 12.7. The van der Waals surface area contributed by atoms with Crippen LogP contribution < -0.4 is 10.3 Å². The molecule has 2 rings (SSSR count). The highest BCUT2D eigenvalue weighted by molar-refractivity contribution is 7.89. The lowest BCUT2D eigenvalue weighted by Gasteiger charge is -2.19. The van der Waals surface area contributed by atoms with E-state index in [9.17, 15) is 13.2 Å². The first-order valence-electron chi connectivity index (χ1n) is 7.32. The van der Waals surface area contributed by atoms with E-state index in [1.54, 1.807) is 13.8 Å². The molecule has 0 aliphatic heterocycles. The standard InChI is InChI=1S/C16H20N4O3S/c1-9-10(2)12(4)15(13(5)11(9)3)24(22,23)20-19-16(21)14-8-17-6-7-18-14/h6-8,20H,1-5H3,(H,19,21). The minimum absolute atomic E-state index is 0.0184. The average Bonchev–Trinajstić information content (AvgIpc) is 2.57. The SMILES string of the molecule is Cc1c(C)c(C)c(S(=O)(=O)NNC(=O)c2cnccn2)c(C)c1C. The van der Waals surface area contributed by atoms with E-state index in [1.807, 2.05) is 20.8 Å². The number of sulfonamides is 1. The summed E-state index contributed by atoms with van der Waals surface area (Å²) in [5.74, 6) is -0.678. The fourth-order valence-corrected chi connectivity index (χ4v) is 3.96. The predicted molar refractivity (Wildman–Crippen MR) is 89.9 cm³/mol. The number of nitrogens with zero attached hydrogens (tertiary/aromatic N) is 2. The molecule has 1 aromatic carbocycles. The van der Waals surface area contributed by atoms with Crippen LogP contribution in [0.5, 0.6) is 0 Å². The summed E-state index contributed by atoms with van der Waals surface area (Å²) in [6.07, 6.45) is 4.02. The summed E-state index contributed by atoms with van der Waals surface area (Å²) in [7, 11) is -3.92. The summed E-state index contributed by atoms with van der Waals surface area (Å²) in [6.45, 7) is 9.24. The Hall–Kier alpha value is -2.32. The van der Waals surface area contributed by atoms with Gasteiger partial charge in [0.05, 0.1) is 11.1 Å². The normalized spacial score (nSPS) is 11.4. The molecule has 0 fully saturated rings. The molecule has 0 radical (unpaired) electrons. The minimum Gasteiger partial charge on any atom is -0.272 e. The van der Waals surface area contributed by atoms with E-state index in [2.05, 4.69) is 20.2 Å². The summed E-state index contributed by atoms with van der Waals surface area (Å²) in [6, 6.07) is 0. The Morgan fingerprint density at radius 3 is 1.96 bits per heavy atom. The first kappa shape index (κ1) is 18.0. The highest BCUT2D eigenvalue weighted by atomic mass is 32.2. The lowest BCUT2D eigenvalue weighted by atomic mass is 9.95. The number of amides is 1. The van der Waals surface area contributed by atoms with Crippen molar-refractivity contribution in [3.8, 4) is 0 Å². The quantitative estimate of drug-likeness (QED) is 0.818. The van der Waals surface area contributed by atoms with E-state index in [1.165, 1.54) is 18.6 Å². The number of hydrogen-bond donors (Lipinski definition) is 2. The third-order valence-corrected chi connectivity index (χ3v) is 5.82. The summed E-state index contributed by atoms with van der Waals surface area (Å²) < 4.78 is 25.3. The Labute approximate surface area is 141 Å². The number of aromatic nitrogens is 2. The van der Waals surface area contributed by atoms with Crippen molar-refractivity contribution in [1.82, 2.24) is 20.2 Å². The van der Waals surface area contributed by atoms with Crippen LogP contribution in [-0.2, 0) is 10.0 Å². The third-order valence-electron chi connectivity index (χ3n) is 4.29. The zero-order valence-electron chi connectivity index (χ0n) is 14.3. The number of rotatable bonds is 4. The zero-order chi connectivity index (χ0) is 18.1. The summed E-state index contributed by atoms with van der Waals surface area (Å²) in [4.78, 5) is 21.8. The monoisotopic (exact) mass is 348 g/mol. The van der Waals surface area contributed by atoms with Gasteiger partial charge >= 0.3 is 0 Å². The van der Waals surface area contributed by atoms with Gasteiger partial charge in [-0.25, -0.2) is 13.4 Å². The lowest BCUT2D eigenvalue weighted by molar-refractivity contribution is 0.0939. The van der Waals surface area contributed by atoms with E-state index in [4.69, 9.17) is 0 Å².